The average Bonchev–Trinajstić information content (AvgIpc) is 3.18. The molecule has 0 spiro atoms. The Bertz CT molecular complexity index is 1390. The van der Waals surface area contributed by atoms with Crippen molar-refractivity contribution in [3.05, 3.63) is 125 Å². The Morgan fingerprint density at radius 2 is 1.30 bits per heavy atom. The Labute approximate surface area is 189 Å². The predicted octanol–water partition coefficient (Wildman–Crippen LogP) is 7.36. The zero-order chi connectivity index (χ0) is 22.8. The SMILES string of the molecule is FC(F)(F)c1cccc2c(-c3ccccc3Cc3ccccc3)n(Cc3ccccc3)nc12. The zero-order valence-electron chi connectivity index (χ0n) is 17.8. The first-order chi connectivity index (χ1) is 16.0. The standard InChI is InChI=1S/C28H21F3N2/c29-28(30,31)25-17-9-16-24-26(25)32-33(19-21-12-5-2-6-13-21)27(24)23-15-8-7-14-22(23)18-20-10-3-1-4-11-20/h1-17H,18-19H2. The van der Waals surface area contributed by atoms with Crippen molar-refractivity contribution in [1.29, 1.82) is 0 Å². The van der Waals surface area contributed by atoms with Crippen LogP contribution in [-0.4, -0.2) is 9.78 Å². The second-order valence-electron chi connectivity index (χ2n) is 8.01. The highest BCUT2D eigenvalue weighted by molar-refractivity contribution is 5.96. The normalized spacial score (nSPS) is 11.7. The van der Waals surface area contributed by atoms with Crippen LogP contribution in [0.4, 0.5) is 13.2 Å². The first-order valence-corrected chi connectivity index (χ1v) is 10.7. The van der Waals surface area contributed by atoms with E-state index in [1.54, 1.807) is 10.7 Å². The Hall–Kier alpha value is -3.86. The van der Waals surface area contributed by atoms with E-state index >= 15 is 0 Å². The molecular formula is C28H21F3N2. The monoisotopic (exact) mass is 442 g/mol. The van der Waals surface area contributed by atoms with Gasteiger partial charge in [-0.15, -0.1) is 0 Å². The van der Waals surface area contributed by atoms with Crippen LogP contribution in [-0.2, 0) is 19.1 Å². The van der Waals surface area contributed by atoms with Crippen LogP contribution in [0.15, 0.2) is 103 Å². The summed E-state index contributed by atoms with van der Waals surface area (Å²) in [4.78, 5) is 0. The third-order valence-corrected chi connectivity index (χ3v) is 5.76. The number of hydrogen-bond donors (Lipinski definition) is 0. The molecule has 164 valence electrons. The number of rotatable bonds is 5. The van der Waals surface area contributed by atoms with Gasteiger partial charge in [-0.05, 0) is 29.2 Å². The molecule has 0 radical (unpaired) electrons. The molecule has 0 saturated carbocycles. The molecule has 5 rings (SSSR count). The number of alkyl halides is 3. The Morgan fingerprint density at radius 3 is 2.00 bits per heavy atom. The van der Waals surface area contributed by atoms with Crippen LogP contribution < -0.4 is 0 Å². The molecule has 5 heteroatoms. The third kappa shape index (κ3) is 4.27. The largest absolute Gasteiger partial charge is 0.418 e. The van der Waals surface area contributed by atoms with Crippen molar-refractivity contribution in [2.75, 3.05) is 0 Å². The van der Waals surface area contributed by atoms with E-state index in [9.17, 15) is 13.2 Å². The van der Waals surface area contributed by atoms with E-state index in [-0.39, 0.29) is 5.52 Å². The van der Waals surface area contributed by atoms with Gasteiger partial charge in [-0.2, -0.15) is 18.3 Å². The maximum atomic E-state index is 13.8. The second-order valence-corrected chi connectivity index (χ2v) is 8.01. The fraction of sp³-hybridized carbons (Fsp3) is 0.107. The summed E-state index contributed by atoms with van der Waals surface area (Å²) in [6.07, 6.45) is -3.81. The van der Waals surface area contributed by atoms with E-state index in [0.29, 0.717) is 24.0 Å². The lowest BCUT2D eigenvalue weighted by Gasteiger charge is -2.13. The number of aromatic nitrogens is 2. The molecule has 0 bridgehead atoms. The van der Waals surface area contributed by atoms with Gasteiger partial charge in [0.05, 0.1) is 17.8 Å². The fourth-order valence-electron chi connectivity index (χ4n) is 4.26. The van der Waals surface area contributed by atoms with Crippen LogP contribution in [0.1, 0.15) is 22.3 Å². The van der Waals surface area contributed by atoms with Crippen molar-refractivity contribution in [3.63, 3.8) is 0 Å². The van der Waals surface area contributed by atoms with Crippen molar-refractivity contribution >= 4 is 10.9 Å². The topological polar surface area (TPSA) is 17.8 Å². The molecule has 0 N–H and O–H groups in total. The first-order valence-electron chi connectivity index (χ1n) is 10.7. The molecule has 0 aliphatic heterocycles. The second kappa shape index (κ2) is 8.58. The minimum Gasteiger partial charge on any atom is -0.259 e. The Morgan fingerprint density at radius 1 is 0.667 bits per heavy atom. The zero-order valence-corrected chi connectivity index (χ0v) is 17.8. The quantitative estimate of drug-likeness (QED) is 0.278. The highest BCUT2D eigenvalue weighted by atomic mass is 19.4. The van der Waals surface area contributed by atoms with Gasteiger partial charge in [-0.1, -0.05) is 97.1 Å². The maximum Gasteiger partial charge on any atom is 0.418 e. The Kier molecular flexibility index (Phi) is 5.47. The number of hydrogen-bond acceptors (Lipinski definition) is 1. The van der Waals surface area contributed by atoms with Crippen molar-refractivity contribution < 1.29 is 13.2 Å². The van der Waals surface area contributed by atoms with Crippen molar-refractivity contribution in [2.45, 2.75) is 19.1 Å². The first kappa shape index (κ1) is 21.0. The summed E-state index contributed by atoms with van der Waals surface area (Å²) in [6, 6.07) is 31.9. The van der Waals surface area contributed by atoms with E-state index in [2.05, 4.69) is 17.2 Å². The summed E-state index contributed by atoms with van der Waals surface area (Å²) in [6.45, 7) is 0.377. The van der Waals surface area contributed by atoms with Gasteiger partial charge in [0.2, 0.25) is 0 Å². The van der Waals surface area contributed by atoms with Crippen LogP contribution in [0.3, 0.4) is 0 Å². The van der Waals surface area contributed by atoms with Crippen molar-refractivity contribution in [2.24, 2.45) is 0 Å². The molecule has 2 nitrogen and oxygen atoms in total. The highest BCUT2D eigenvalue weighted by Crippen LogP contribution is 2.39. The smallest absolute Gasteiger partial charge is 0.259 e. The molecule has 0 aliphatic rings. The van der Waals surface area contributed by atoms with Crippen LogP contribution in [0.25, 0.3) is 22.2 Å². The summed E-state index contributed by atoms with van der Waals surface area (Å²) in [5.41, 5.74) is 4.00. The molecule has 1 heterocycles. The van der Waals surface area contributed by atoms with Gasteiger partial charge in [-0.25, -0.2) is 0 Å². The van der Waals surface area contributed by atoms with E-state index in [4.69, 9.17) is 0 Å². The van der Waals surface area contributed by atoms with Crippen LogP contribution in [0.2, 0.25) is 0 Å². The lowest BCUT2D eigenvalue weighted by atomic mass is 9.95. The molecule has 0 fully saturated rings. The van der Waals surface area contributed by atoms with Crippen LogP contribution in [0.5, 0.6) is 0 Å². The molecule has 0 aliphatic carbocycles. The van der Waals surface area contributed by atoms with Gasteiger partial charge in [0.15, 0.2) is 0 Å². The number of benzene rings is 4. The van der Waals surface area contributed by atoms with Gasteiger partial charge >= 0.3 is 6.18 Å². The van der Waals surface area contributed by atoms with Crippen LogP contribution in [0, 0.1) is 0 Å². The average molecular weight is 442 g/mol. The molecule has 1 aromatic heterocycles. The van der Waals surface area contributed by atoms with Gasteiger partial charge in [0, 0.05) is 10.9 Å². The molecule has 0 unspecified atom stereocenters. The van der Waals surface area contributed by atoms with Crippen molar-refractivity contribution in [1.82, 2.24) is 9.78 Å². The summed E-state index contributed by atoms with van der Waals surface area (Å²) in [5, 5.41) is 5.00. The van der Waals surface area contributed by atoms with Crippen LogP contribution >= 0.6 is 0 Å². The van der Waals surface area contributed by atoms with Gasteiger partial charge in [-0.3, -0.25) is 4.68 Å². The number of nitrogens with zero attached hydrogens (tertiary/aromatic N) is 2. The van der Waals surface area contributed by atoms with Gasteiger partial charge < -0.3 is 0 Å². The summed E-state index contributed by atoms with van der Waals surface area (Å²) < 4.78 is 43.1. The van der Waals surface area contributed by atoms with Gasteiger partial charge in [0.25, 0.3) is 0 Å². The minimum atomic E-state index is -4.48. The Balaban J connectivity index is 1.73. The third-order valence-electron chi connectivity index (χ3n) is 5.76. The molecule has 0 atom stereocenters. The van der Waals surface area contributed by atoms with Gasteiger partial charge in [0.1, 0.15) is 5.52 Å². The summed E-state index contributed by atoms with van der Waals surface area (Å²) in [7, 11) is 0. The molecule has 33 heavy (non-hydrogen) atoms. The summed E-state index contributed by atoms with van der Waals surface area (Å²) >= 11 is 0. The van der Waals surface area contributed by atoms with Crippen molar-refractivity contribution in [3.8, 4) is 11.3 Å². The number of halogens is 3. The van der Waals surface area contributed by atoms with E-state index in [1.165, 1.54) is 6.07 Å². The molecule has 4 aromatic carbocycles. The maximum absolute atomic E-state index is 13.8. The fourth-order valence-corrected chi connectivity index (χ4v) is 4.26. The van der Waals surface area contributed by atoms with E-state index in [0.717, 1.165) is 28.3 Å². The summed E-state index contributed by atoms with van der Waals surface area (Å²) in [5.74, 6) is 0. The lowest BCUT2D eigenvalue weighted by Crippen LogP contribution is -2.07. The van der Waals surface area contributed by atoms with E-state index in [1.807, 2.05) is 72.8 Å². The molecule has 5 aromatic rings. The predicted molar refractivity (Wildman–Crippen MR) is 125 cm³/mol. The minimum absolute atomic E-state index is 0.0227. The molecule has 0 saturated heterocycles. The number of fused-ring (bicyclic) bond motifs is 1. The highest BCUT2D eigenvalue weighted by Gasteiger charge is 2.34. The van der Waals surface area contributed by atoms with E-state index < -0.39 is 11.7 Å². The molecule has 0 amide bonds. The molecular weight excluding hydrogens is 421 g/mol. The lowest BCUT2D eigenvalue weighted by molar-refractivity contribution is -0.136.